The van der Waals surface area contributed by atoms with Gasteiger partial charge in [-0.2, -0.15) is 0 Å². The topological polar surface area (TPSA) is 17.1 Å². The number of carbonyl (C=O) groups is 1. The Bertz CT molecular complexity index is 105. The maximum absolute atomic E-state index is 9.75. The van der Waals surface area contributed by atoms with E-state index in [-0.39, 0.29) is 0 Å². The van der Waals surface area contributed by atoms with Crippen molar-refractivity contribution in [2.75, 3.05) is 0 Å². The summed E-state index contributed by atoms with van der Waals surface area (Å²) in [5.41, 5.74) is 0.539. The molecule has 0 saturated heterocycles. The van der Waals surface area contributed by atoms with E-state index in [0.717, 1.165) is 6.29 Å². The Balaban J connectivity index is 3.58. The summed E-state index contributed by atoms with van der Waals surface area (Å²) in [7, 11) is 0. The van der Waals surface area contributed by atoms with Crippen molar-refractivity contribution in [2.45, 2.75) is 0 Å². The Kier molecular flexibility index (Phi) is 4.12. The fourth-order valence-electron chi connectivity index (χ4n) is 0.146. The van der Waals surface area contributed by atoms with Crippen LogP contribution in [0.2, 0.25) is 0 Å². The van der Waals surface area contributed by atoms with Crippen LogP contribution in [0.5, 0.6) is 0 Å². The fourth-order valence-corrected chi connectivity index (χ4v) is 0.757. The van der Waals surface area contributed by atoms with Crippen molar-refractivity contribution in [3.05, 3.63) is 22.3 Å². The molecule has 0 unspecified atom stereocenters. The van der Waals surface area contributed by atoms with E-state index in [0.29, 0.717) is 5.57 Å². The van der Waals surface area contributed by atoms with Crippen LogP contribution in [0.15, 0.2) is 22.3 Å². The Labute approximate surface area is 56.6 Å². The van der Waals surface area contributed by atoms with Crippen LogP contribution in [0.1, 0.15) is 0 Å². The molecule has 1 nitrogen and oxygen atoms in total. The molecule has 0 bridgehead atoms. The van der Waals surface area contributed by atoms with E-state index >= 15 is 0 Å². The molecule has 0 aliphatic rings. The molecule has 0 fully saturated rings. The minimum atomic E-state index is 0.539. The standard InChI is InChI=1S/C5H5O.Sb.H/c1-3-5(2)4-6;;/h1,3-4H,2H2;;. The fraction of sp³-hybridized carbons (Fsp3) is 0. The molecule has 0 aliphatic heterocycles. The zero-order chi connectivity index (χ0) is 5.70. The summed E-state index contributed by atoms with van der Waals surface area (Å²) < 4.78 is 1.86. The molecule has 0 rings (SSSR count). The van der Waals surface area contributed by atoms with Crippen molar-refractivity contribution in [1.82, 2.24) is 0 Å². The SMILES string of the molecule is C=C(C=O)C=[CH][SbH]. The first kappa shape index (κ1) is 6.97. The van der Waals surface area contributed by atoms with Crippen LogP contribution < -0.4 is 0 Å². The van der Waals surface area contributed by atoms with Crippen LogP contribution in [-0.4, -0.2) is 29.3 Å². The molecule has 0 amide bonds. The molecular formula is C5H6OSb. The number of aldehydes is 1. The van der Waals surface area contributed by atoms with Gasteiger partial charge in [0.05, 0.1) is 0 Å². The van der Waals surface area contributed by atoms with E-state index in [9.17, 15) is 4.79 Å². The average molecular weight is 204 g/mol. The molecule has 0 spiro atoms. The number of allylic oxidation sites excluding steroid dienone is 2. The van der Waals surface area contributed by atoms with E-state index in [2.05, 4.69) is 6.58 Å². The van der Waals surface area contributed by atoms with Gasteiger partial charge >= 0.3 is 56.4 Å². The van der Waals surface area contributed by atoms with Gasteiger partial charge in [0.25, 0.3) is 0 Å². The van der Waals surface area contributed by atoms with Crippen LogP contribution in [0.4, 0.5) is 0 Å². The second-order valence-corrected chi connectivity index (χ2v) is 1.98. The van der Waals surface area contributed by atoms with Crippen LogP contribution in [-0.2, 0) is 4.79 Å². The van der Waals surface area contributed by atoms with E-state index in [1.807, 2.05) is 4.02 Å². The number of rotatable bonds is 2. The average Bonchev–Trinajstić information content (AvgIpc) is 1.68. The Morgan fingerprint density at radius 2 is 2.29 bits per heavy atom. The molecule has 0 aromatic carbocycles. The van der Waals surface area contributed by atoms with Crippen molar-refractivity contribution in [3.8, 4) is 0 Å². The molecule has 37 valence electrons. The molecule has 2 heteroatoms. The van der Waals surface area contributed by atoms with E-state index in [1.165, 1.54) is 23.0 Å². The normalized spacial score (nSPS) is 9.29. The van der Waals surface area contributed by atoms with Gasteiger partial charge in [0.1, 0.15) is 0 Å². The van der Waals surface area contributed by atoms with Crippen molar-refractivity contribution in [1.29, 1.82) is 0 Å². The van der Waals surface area contributed by atoms with Crippen LogP contribution in [0.25, 0.3) is 0 Å². The third kappa shape index (κ3) is 3.81. The number of carbonyl (C=O) groups excluding carboxylic acids is 1. The second-order valence-electron chi connectivity index (χ2n) is 1.03. The molecule has 0 heterocycles. The molecule has 0 N–H and O–H groups in total. The first-order valence-corrected chi connectivity index (χ1v) is 3.44. The van der Waals surface area contributed by atoms with Crippen molar-refractivity contribution < 1.29 is 4.79 Å². The maximum atomic E-state index is 9.75. The predicted octanol–water partition coefficient (Wildman–Crippen LogP) is 0.156. The zero-order valence-electron chi connectivity index (χ0n) is 3.85. The third-order valence-electron chi connectivity index (χ3n) is 0.449. The summed E-state index contributed by atoms with van der Waals surface area (Å²) in [5.74, 6) is 0. The van der Waals surface area contributed by atoms with Gasteiger partial charge < -0.3 is 0 Å². The van der Waals surface area contributed by atoms with E-state index in [4.69, 9.17) is 0 Å². The van der Waals surface area contributed by atoms with Gasteiger partial charge in [0, 0.05) is 0 Å². The second kappa shape index (κ2) is 4.14. The molecule has 0 aliphatic carbocycles. The summed E-state index contributed by atoms with van der Waals surface area (Å²) >= 11 is 1.29. The first-order chi connectivity index (χ1) is 3.31. The predicted molar refractivity (Wildman–Crippen MR) is 31.5 cm³/mol. The quantitative estimate of drug-likeness (QED) is 0.271. The summed E-state index contributed by atoms with van der Waals surface area (Å²) in [5, 5.41) is 0. The van der Waals surface area contributed by atoms with Crippen molar-refractivity contribution >= 4 is 29.3 Å². The summed E-state index contributed by atoms with van der Waals surface area (Å²) in [6, 6.07) is 0. The Morgan fingerprint density at radius 3 is 2.43 bits per heavy atom. The number of hydrogen-bond donors (Lipinski definition) is 0. The third-order valence-corrected chi connectivity index (χ3v) is 0.924. The Hall–Kier alpha value is -0.0318. The molecular weight excluding hydrogens is 198 g/mol. The van der Waals surface area contributed by atoms with Gasteiger partial charge in [-0.3, -0.25) is 0 Å². The van der Waals surface area contributed by atoms with Gasteiger partial charge in [0.2, 0.25) is 0 Å². The molecule has 7 heavy (non-hydrogen) atoms. The van der Waals surface area contributed by atoms with E-state index in [1.54, 1.807) is 6.08 Å². The van der Waals surface area contributed by atoms with Crippen LogP contribution >= 0.6 is 0 Å². The molecule has 0 atom stereocenters. The zero-order valence-corrected chi connectivity index (χ0v) is 6.70. The molecule has 0 aromatic heterocycles. The number of hydrogen-bond acceptors (Lipinski definition) is 1. The van der Waals surface area contributed by atoms with Gasteiger partial charge in [-0.05, 0) is 0 Å². The summed E-state index contributed by atoms with van der Waals surface area (Å²) in [4.78, 5) is 9.75. The minimum absolute atomic E-state index is 0.539. The first-order valence-electron chi connectivity index (χ1n) is 1.79. The van der Waals surface area contributed by atoms with Crippen LogP contribution in [0, 0.1) is 0 Å². The molecule has 0 aromatic rings. The van der Waals surface area contributed by atoms with Crippen molar-refractivity contribution in [2.24, 2.45) is 0 Å². The van der Waals surface area contributed by atoms with Gasteiger partial charge in [-0.1, -0.05) is 0 Å². The van der Waals surface area contributed by atoms with Crippen molar-refractivity contribution in [3.63, 3.8) is 0 Å². The van der Waals surface area contributed by atoms with Gasteiger partial charge in [-0.15, -0.1) is 0 Å². The summed E-state index contributed by atoms with van der Waals surface area (Å²) in [6.07, 6.45) is 2.44. The molecule has 1 radical (unpaired) electrons. The van der Waals surface area contributed by atoms with Crippen LogP contribution in [0.3, 0.4) is 0 Å². The molecule has 0 saturated carbocycles. The monoisotopic (exact) mass is 203 g/mol. The summed E-state index contributed by atoms with van der Waals surface area (Å²) in [6.45, 7) is 3.42. The Morgan fingerprint density at radius 1 is 1.71 bits per heavy atom. The van der Waals surface area contributed by atoms with E-state index < -0.39 is 0 Å². The van der Waals surface area contributed by atoms with Gasteiger partial charge in [0.15, 0.2) is 0 Å². The van der Waals surface area contributed by atoms with Gasteiger partial charge in [-0.25, -0.2) is 0 Å².